The Bertz CT molecular complexity index is 639. The topological polar surface area (TPSA) is 26.3 Å². The molecule has 110 valence electrons. The van der Waals surface area contributed by atoms with Crippen molar-refractivity contribution >= 4 is 5.78 Å². The third-order valence-electron chi connectivity index (χ3n) is 3.84. The molecule has 2 aromatic carbocycles. The molecule has 0 saturated heterocycles. The molecule has 0 unspecified atom stereocenters. The lowest BCUT2D eigenvalue weighted by Gasteiger charge is -2.10. The fourth-order valence-electron chi connectivity index (χ4n) is 2.31. The van der Waals surface area contributed by atoms with Crippen LogP contribution in [0.15, 0.2) is 36.4 Å². The summed E-state index contributed by atoms with van der Waals surface area (Å²) < 4.78 is 5.60. The van der Waals surface area contributed by atoms with Crippen LogP contribution in [0.4, 0.5) is 0 Å². The Morgan fingerprint density at radius 2 is 1.57 bits per heavy atom. The molecule has 0 bridgehead atoms. The molecule has 0 spiro atoms. The molecule has 2 aromatic rings. The molecule has 2 heteroatoms. The van der Waals surface area contributed by atoms with Crippen molar-refractivity contribution < 1.29 is 9.53 Å². The molecule has 0 aliphatic heterocycles. The maximum absolute atomic E-state index is 12.3. The fraction of sp³-hybridized carbons (Fsp3) is 0.316. The molecule has 0 N–H and O–H groups in total. The van der Waals surface area contributed by atoms with Gasteiger partial charge in [-0.3, -0.25) is 4.79 Å². The zero-order valence-electron chi connectivity index (χ0n) is 13.2. The molecular weight excluding hydrogens is 260 g/mol. The van der Waals surface area contributed by atoms with Crippen LogP contribution in [0.5, 0.6) is 5.75 Å². The summed E-state index contributed by atoms with van der Waals surface area (Å²) in [6.45, 7) is 8.24. The first-order valence-electron chi connectivity index (χ1n) is 7.34. The molecule has 0 atom stereocenters. The average molecular weight is 282 g/mol. The van der Waals surface area contributed by atoms with Crippen LogP contribution in [0.3, 0.4) is 0 Å². The second-order valence-electron chi connectivity index (χ2n) is 5.46. The van der Waals surface area contributed by atoms with Crippen LogP contribution in [0.25, 0.3) is 0 Å². The number of ether oxygens (including phenoxy) is 1. The van der Waals surface area contributed by atoms with Gasteiger partial charge in [0.25, 0.3) is 0 Å². The molecule has 0 heterocycles. The first kappa shape index (κ1) is 15.3. The van der Waals surface area contributed by atoms with Crippen molar-refractivity contribution in [3.63, 3.8) is 0 Å². The molecule has 2 rings (SSSR count). The number of hydrogen-bond donors (Lipinski definition) is 0. The molecule has 0 aliphatic carbocycles. The van der Waals surface area contributed by atoms with Gasteiger partial charge in [0, 0.05) is 5.56 Å². The number of carbonyl (C=O) groups is 1. The van der Waals surface area contributed by atoms with Crippen molar-refractivity contribution in [1.82, 2.24) is 0 Å². The van der Waals surface area contributed by atoms with Gasteiger partial charge in [-0.1, -0.05) is 25.1 Å². The monoisotopic (exact) mass is 282 g/mol. The minimum absolute atomic E-state index is 0.0233. The van der Waals surface area contributed by atoms with E-state index in [0.717, 1.165) is 28.9 Å². The standard InChI is InChI=1S/C19H22O2/c1-5-16-6-8-17(9-7-16)21-12-19(20)18-11-14(3)13(2)10-15(18)4/h6-11H,5,12H2,1-4H3. The smallest absolute Gasteiger partial charge is 0.200 e. The molecule has 0 fully saturated rings. The number of Topliss-reactive ketones (excluding diaryl/α,β-unsaturated/α-hetero) is 1. The Kier molecular flexibility index (Phi) is 4.79. The van der Waals surface area contributed by atoms with Crippen LogP contribution in [-0.2, 0) is 6.42 Å². The van der Waals surface area contributed by atoms with Crippen molar-refractivity contribution in [1.29, 1.82) is 0 Å². The van der Waals surface area contributed by atoms with E-state index in [1.807, 2.05) is 44.2 Å². The normalized spacial score (nSPS) is 10.5. The first-order chi connectivity index (χ1) is 10.0. The molecule has 0 amide bonds. The lowest BCUT2D eigenvalue weighted by atomic mass is 9.98. The Hall–Kier alpha value is -2.09. The van der Waals surface area contributed by atoms with Crippen molar-refractivity contribution in [2.24, 2.45) is 0 Å². The SMILES string of the molecule is CCc1ccc(OCC(=O)c2cc(C)c(C)cc2C)cc1. The third-order valence-corrected chi connectivity index (χ3v) is 3.84. The zero-order chi connectivity index (χ0) is 15.4. The van der Waals surface area contributed by atoms with Crippen LogP contribution in [0.2, 0.25) is 0 Å². The quantitative estimate of drug-likeness (QED) is 0.758. The van der Waals surface area contributed by atoms with Crippen LogP contribution < -0.4 is 4.74 Å². The van der Waals surface area contributed by atoms with E-state index in [2.05, 4.69) is 19.9 Å². The predicted octanol–water partition coefficient (Wildman–Crippen LogP) is 4.44. The Labute approximate surface area is 126 Å². The molecule has 0 radical (unpaired) electrons. The van der Waals surface area contributed by atoms with E-state index in [1.165, 1.54) is 11.1 Å². The van der Waals surface area contributed by atoms with E-state index < -0.39 is 0 Å². The summed E-state index contributed by atoms with van der Waals surface area (Å²) in [6.07, 6.45) is 1.00. The highest BCUT2D eigenvalue weighted by Gasteiger charge is 2.11. The fourth-order valence-corrected chi connectivity index (χ4v) is 2.31. The van der Waals surface area contributed by atoms with Crippen LogP contribution >= 0.6 is 0 Å². The van der Waals surface area contributed by atoms with Gasteiger partial charge in [0.15, 0.2) is 12.4 Å². The molecular formula is C19H22O2. The third kappa shape index (κ3) is 3.72. The minimum atomic E-state index is 0.0233. The van der Waals surface area contributed by atoms with Crippen molar-refractivity contribution in [2.75, 3.05) is 6.61 Å². The van der Waals surface area contributed by atoms with Gasteiger partial charge in [0.05, 0.1) is 0 Å². The Balaban J connectivity index is 2.06. The van der Waals surface area contributed by atoms with E-state index in [-0.39, 0.29) is 12.4 Å². The summed E-state index contributed by atoms with van der Waals surface area (Å²) in [5, 5.41) is 0. The lowest BCUT2D eigenvalue weighted by molar-refractivity contribution is 0.0921. The lowest BCUT2D eigenvalue weighted by Crippen LogP contribution is -2.13. The van der Waals surface area contributed by atoms with Gasteiger partial charge >= 0.3 is 0 Å². The van der Waals surface area contributed by atoms with Crippen LogP contribution in [0, 0.1) is 20.8 Å². The summed E-state index contributed by atoms with van der Waals surface area (Å²) in [4.78, 5) is 12.3. The Morgan fingerprint density at radius 3 is 2.19 bits per heavy atom. The number of carbonyl (C=O) groups excluding carboxylic acids is 1. The number of aryl methyl sites for hydroxylation is 4. The van der Waals surface area contributed by atoms with E-state index in [1.54, 1.807) is 0 Å². The highest BCUT2D eigenvalue weighted by atomic mass is 16.5. The molecule has 0 aromatic heterocycles. The van der Waals surface area contributed by atoms with Crippen molar-refractivity contribution in [3.05, 3.63) is 64.2 Å². The highest BCUT2D eigenvalue weighted by Crippen LogP contribution is 2.17. The number of ketones is 1. The van der Waals surface area contributed by atoms with E-state index in [0.29, 0.717) is 0 Å². The first-order valence-corrected chi connectivity index (χ1v) is 7.34. The van der Waals surface area contributed by atoms with Gasteiger partial charge in [0.1, 0.15) is 5.75 Å². The van der Waals surface area contributed by atoms with Gasteiger partial charge in [-0.2, -0.15) is 0 Å². The highest BCUT2D eigenvalue weighted by molar-refractivity contribution is 5.98. The molecule has 2 nitrogen and oxygen atoms in total. The molecule has 0 saturated carbocycles. The summed E-state index contributed by atoms with van der Waals surface area (Å²) >= 11 is 0. The number of hydrogen-bond acceptors (Lipinski definition) is 2. The number of rotatable bonds is 5. The summed E-state index contributed by atoms with van der Waals surface area (Å²) in [5.41, 5.74) is 5.37. The second-order valence-corrected chi connectivity index (χ2v) is 5.46. The van der Waals surface area contributed by atoms with Crippen molar-refractivity contribution in [3.8, 4) is 5.75 Å². The van der Waals surface area contributed by atoms with E-state index in [9.17, 15) is 4.79 Å². The van der Waals surface area contributed by atoms with Gasteiger partial charge < -0.3 is 4.74 Å². The maximum Gasteiger partial charge on any atom is 0.200 e. The zero-order valence-corrected chi connectivity index (χ0v) is 13.2. The maximum atomic E-state index is 12.3. The van der Waals surface area contributed by atoms with Gasteiger partial charge in [-0.05, 0) is 67.6 Å². The van der Waals surface area contributed by atoms with Crippen LogP contribution in [0.1, 0.15) is 39.5 Å². The predicted molar refractivity (Wildman–Crippen MR) is 86.3 cm³/mol. The van der Waals surface area contributed by atoms with E-state index >= 15 is 0 Å². The summed E-state index contributed by atoms with van der Waals surface area (Å²) in [6, 6.07) is 11.9. The molecule has 21 heavy (non-hydrogen) atoms. The summed E-state index contributed by atoms with van der Waals surface area (Å²) in [5.74, 6) is 0.761. The van der Waals surface area contributed by atoms with Crippen molar-refractivity contribution in [2.45, 2.75) is 34.1 Å². The van der Waals surface area contributed by atoms with E-state index in [4.69, 9.17) is 4.74 Å². The Morgan fingerprint density at radius 1 is 0.952 bits per heavy atom. The number of benzene rings is 2. The van der Waals surface area contributed by atoms with Gasteiger partial charge in [-0.25, -0.2) is 0 Å². The van der Waals surface area contributed by atoms with Crippen LogP contribution in [-0.4, -0.2) is 12.4 Å². The summed E-state index contributed by atoms with van der Waals surface area (Å²) in [7, 11) is 0. The minimum Gasteiger partial charge on any atom is -0.485 e. The molecule has 0 aliphatic rings. The van der Waals surface area contributed by atoms with Gasteiger partial charge in [0.2, 0.25) is 0 Å². The largest absolute Gasteiger partial charge is 0.485 e. The average Bonchev–Trinajstić information content (AvgIpc) is 2.49. The second kappa shape index (κ2) is 6.57. The van der Waals surface area contributed by atoms with Gasteiger partial charge in [-0.15, -0.1) is 0 Å².